The zero-order valence-electron chi connectivity index (χ0n) is 15.0. The van der Waals surface area contributed by atoms with Gasteiger partial charge in [0.05, 0.1) is 21.8 Å². The molecule has 0 atom stereocenters. The van der Waals surface area contributed by atoms with Gasteiger partial charge in [-0.1, -0.05) is 11.8 Å². The van der Waals surface area contributed by atoms with E-state index in [1.165, 1.54) is 55.6 Å². The van der Waals surface area contributed by atoms with Crippen molar-refractivity contribution in [2.75, 3.05) is 11.8 Å². The second kappa shape index (κ2) is 8.50. The van der Waals surface area contributed by atoms with Crippen LogP contribution in [0.5, 0.6) is 5.75 Å². The standard InChI is InChI=1S/C19H15FN2O5S2/c1-27-15-6-4-14(5-7-15)21-29(25,26)17-10-11-19(18(12-17)22(23)24)28-16-8-2-13(20)3-9-16/h2-12,21H,1H3. The maximum Gasteiger partial charge on any atom is 0.284 e. The summed E-state index contributed by atoms with van der Waals surface area (Å²) in [5.74, 6) is 0.139. The first-order valence-corrected chi connectivity index (χ1v) is 10.5. The molecule has 3 rings (SSSR count). The van der Waals surface area contributed by atoms with E-state index >= 15 is 0 Å². The number of benzene rings is 3. The third-order valence-corrected chi connectivity index (χ3v) is 6.27. The Morgan fingerprint density at radius 1 is 1.03 bits per heavy atom. The normalized spacial score (nSPS) is 11.1. The van der Waals surface area contributed by atoms with Crippen LogP contribution in [0.1, 0.15) is 0 Å². The molecule has 29 heavy (non-hydrogen) atoms. The lowest BCUT2D eigenvalue weighted by Crippen LogP contribution is -2.13. The van der Waals surface area contributed by atoms with Crippen LogP contribution in [0.2, 0.25) is 0 Å². The van der Waals surface area contributed by atoms with Gasteiger partial charge in [-0.05, 0) is 60.7 Å². The number of sulfonamides is 1. The molecule has 0 saturated carbocycles. The molecule has 0 aliphatic rings. The largest absolute Gasteiger partial charge is 0.497 e. The molecular weight excluding hydrogens is 419 g/mol. The van der Waals surface area contributed by atoms with Crippen molar-refractivity contribution < 1.29 is 22.5 Å². The molecule has 3 aromatic carbocycles. The minimum Gasteiger partial charge on any atom is -0.497 e. The molecule has 0 aliphatic heterocycles. The number of rotatable bonds is 7. The van der Waals surface area contributed by atoms with E-state index in [1.54, 1.807) is 12.1 Å². The van der Waals surface area contributed by atoms with Gasteiger partial charge in [0, 0.05) is 16.6 Å². The van der Waals surface area contributed by atoms with Crippen LogP contribution in [0, 0.1) is 15.9 Å². The van der Waals surface area contributed by atoms with Gasteiger partial charge in [0.25, 0.3) is 15.7 Å². The van der Waals surface area contributed by atoms with Gasteiger partial charge < -0.3 is 4.74 Å². The molecule has 0 saturated heterocycles. The number of methoxy groups -OCH3 is 1. The lowest BCUT2D eigenvalue weighted by molar-refractivity contribution is -0.388. The molecule has 0 aromatic heterocycles. The summed E-state index contributed by atoms with van der Waals surface area (Å²) in [7, 11) is -2.55. The van der Waals surface area contributed by atoms with Crippen molar-refractivity contribution in [2.45, 2.75) is 14.7 Å². The Morgan fingerprint density at radius 2 is 1.69 bits per heavy atom. The summed E-state index contributed by atoms with van der Waals surface area (Å²) in [6, 6.07) is 15.3. The van der Waals surface area contributed by atoms with Crippen molar-refractivity contribution in [1.29, 1.82) is 0 Å². The van der Waals surface area contributed by atoms with Gasteiger partial charge in [-0.3, -0.25) is 14.8 Å². The number of nitro groups is 1. The number of hydrogen-bond donors (Lipinski definition) is 1. The second-order valence-corrected chi connectivity index (χ2v) is 8.57. The van der Waals surface area contributed by atoms with Gasteiger partial charge in [-0.25, -0.2) is 12.8 Å². The molecule has 0 fully saturated rings. The fourth-order valence-corrected chi connectivity index (χ4v) is 4.37. The summed E-state index contributed by atoms with van der Waals surface area (Å²) in [6.07, 6.45) is 0. The Kier molecular flexibility index (Phi) is 6.04. The summed E-state index contributed by atoms with van der Waals surface area (Å²) < 4.78 is 45.7. The van der Waals surface area contributed by atoms with E-state index < -0.39 is 20.8 Å². The van der Waals surface area contributed by atoms with Crippen LogP contribution in [0.4, 0.5) is 15.8 Å². The molecule has 150 valence electrons. The molecule has 3 aromatic rings. The molecule has 0 radical (unpaired) electrons. The van der Waals surface area contributed by atoms with Crippen molar-refractivity contribution >= 4 is 33.2 Å². The molecule has 0 heterocycles. The Labute approximate surface area is 170 Å². The van der Waals surface area contributed by atoms with Crippen LogP contribution in [-0.2, 0) is 10.0 Å². The minimum atomic E-state index is -4.04. The van der Waals surface area contributed by atoms with Crippen LogP contribution >= 0.6 is 11.8 Å². The quantitative estimate of drug-likeness (QED) is 0.428. The van der Waals surface area contributed by atoms with Gasteiger partial charge >= 0.3 is 0 Å². The summed E-state index contributed by atoms with van der Waals surface area (Å²) in [5, 5.41) is 11.5. The van der Waals surface area contributed by atoms with Crippen LogP contribution in [0.15, 0.2) is 81.4 Å². The van der Waals surface area contributed by atoms with Gasteiger partial charge in [0.15, 0.2) is 0 Å². The van der Waals surface area contributed by atoms with Gasteiger partial charge in [-0.15, -0.1) is 0 Å². The average molecular weight is 434 g/mol. The van der Waals surface area contributed by atoms with Crippen molar-refractivity contribution in [3.05, 3.63) is 82.7 Å². The average Bonchev–Trinajstić information content (AvgIpc) is 2.70. The Morgan fingerprint density at radius 3 is 2.28 bits per heavy atom. The van der Waals surface area contributed by atoms with Gasteiger partial charge in [0.1, 0.15) is 11.6 Å². The second-order valence-electron chi connectivity index (χ2n) is 5.78. The van der Waals surface area contributed by atoms with E-state index in [0.29, 0.717) is 16.3 Å². The van der Waals surface area contributed by atoms with E-state index in [9.17, 15) is 22.9 Å². The molecule has 0 amide bonds. The third kappa shape index (κ3) is 5.04. The van der Waals surface area contributed by atoms with Crippen molar-refractivity contribution in [1.82, 2.24) is 0 Å². The summed E-state index contributed by atoms with van der Waals surface area (Å²) in [5.41, 5.74) is -0.0739. The van der Waals surface area contributed by atoms with Crippen LogP contribution < -0.4 is 9.46 Å². The number of ether oxygens (including phenoxy) is 1. The first-order chi connectivity index (χ1) is 13.8. The fraction of sp³-hybridized carbons (Fsp3) is 0.0526. The molecule has 0 aliphatic carbocycles. The van der Waals surface area contributed by atoms with Crippen molar-refractivity contribution in [2.24, 2.45) is 0 Å². The first-order valence-electron chi connectivity index (χ1n) is 8.17. The zero-order chi connectivity index (χ0) is 21.0. The number of halogens is 1. The molecule has 7 nitrogen and oxygen atoms in total. The molecule has 0 unspecified atom stereocenters. The lowest BCUT2D eigenvalue weighted by Gasteiger charge is -2.10. The highest BCUT2D eigenvalue weighted by Crippen LogP contribution is 2.36. The highest BCUT2D eigenvalue weighted by atomic mass is 32.2. The summed E-state index contributed by atoms with van der Waals surface area (Å²) >= 11 is 1.04. The molecule has 0 spiro atoms. The van der Waals surface area contributed by atoms with Gasteiger partial charge in [-0.2, -0.15) is 0 Å². The highest BCUT2D eigenvalue weighted by molar-refractivity contribution is 7.99. The monoisotopic (exact) mass is 434 g/mol. The smallest absolute Gasteiger partial charge is 0.284 e. The van der Waals surface area contributed by atoms with E-state index in [4.69, 9.17) is 4.74 Å². The first kappa shape index (κ1) is 20.6. The lowest BCUT2D eigenvalue weighted by atomic mass is 10.3. The third-order valence-electron chi connectivity index (χ3n) is 3.82. The van der Waals surface area contributed by atoms with Crippen molar-refractivity contribution in [3.8, 4) is 5.75 Å². The fourth-order valence-electron chi connectivity index (χ4n) is 2.40. The van der Waals surface area contributed by atoms with Crippen LogP contribution in [-0.4, -0.2) is 20.5 Å². The zero-order valence-corrected chi connectivity index (χ0v) is 16.7. The Balaban J connectivity index is 1.89. The SMILES string of the molecule is COc1ccc(NS(=O)(=O)c2ccc(Sc3ccc(F)cc3)c([N+](=O)[O-])c2)cc1. The predicted molar refractivity (Wildman–Crippen MR) is 107 cm³/mol. The summed E-state index contributed by atoms with van der Waals surface area (Å²) in [6.45, 7) is 0. The number of nitrogens with zero attached hydrogens (tertiary/aromatic N) is 1. The maximum atomic E-state index is 13.0. The predicted octanol–water partition coefficient (Wildman–Crippen LogP) is 4.69. The van der Waals surface area contributed by atoms with E-state index in [0.717, 1.165) is 17.8 Å². The summed E-state index contributed by atoms with van der Waals surface area (Å²) in [4.78, 5) is 11.4. The van der Waals surface area contributed by atoms with E-state index in [2.05, 4.69) is 4.72 Å². The van der Waals surface area contributed by atoms with Crippen molar-refractivity contribution in [3.63, 3.8) is 0 Å². The molecule has 10 heteroatoms. The minimum absolute atomic E-state index is 0.241. The maximum absolute atomic E-state index is 13.0. The Bertz CT molecular complexity index is 1130. The Hall–Kier alpha value is -3.11. The molecule has 0 bridgehead atoms. The number of nitro benzene ring substituents is 1. The topological polar surface area (TPSA) is 98.5 Å². The van der Waals surface area contributed by atoms with Gasteiger partial charge in [0.2, 0.25) is 0 Å². The number of anilines is 1. The number of hydrogen-bond acceptors (Lipinski definition) is 6. The molecule has 1 N–H and O–H groups in total. The number of nitrogens with one attached hydrogen (secondary N) is 1. The van der Waals surface area contributed by atoms with Crippen LogP contribution in [0.3, 0.4) is 0 Å². The molecular formula is C19H15FN2O5S2. The van der Waals surface area contributed by atoms with Crippen LogP contribution in [0.25, 0.3) is 0 Å². The van der Waals surface area contributed by atoms with E-state index in [1.807, 2.05) is 0 Å². The van der Waals surface area contributed by atoms with E-state index in [-0.39, 0.29) is 15.5 Å². The highest BCUT2D eigenvalue weighted by Gasteiger charge is 2.22.